The molecule has 5 heteroatoms. The number of nitrogens with zero attached hydrogens (tertiary/aromatic N) is 2. The Balaban J connectivity index is 1.37. The van der Waals surface area contributed by atoms with E-state index in [1.807, 2.05) is 30.3 Å². The smallest absolute Gasteiger partial charge is 0.293 e. The summed E-state index contributed by atoms with van der Waals surface area (Å²) in [7, 11) is 0. The molecule has 2 aliphatic rings. The molecule has 0 atom stereocenters. The van der Waals surface area contributed by atoms with Gasteiger partial charge in [-0.1, -0.05) is 48.1 Å². The molecular formula is C20H21N3O2. The van der Waals surface area contributed by atoms with Gasteiger partial charge in [0.1, 0.15) is 12.4 Å². The fraction of sp³-hybridized carbons (Fsp3) is 0.300. The Kier molecular flexibility index (Phi) is 4.48. The third-order valence-electron chi connectivity index (χ3n) is 4.62. The number of ether oxygens (including phenoxy) is 1. The second-order valence-corrected chi connectivity index (χ2v) is 6.51. The zero-order chi connectivity index (χ0) is 17.1. The average molecular weight is 335 g/mol. The molecule has 1 aromatic heterocycles. The maximum atomic E-state index is 12.2. The lowest BCUT2D eigenvalue weighted by molar-refractivity contribution is 0.296. The number of hydrogen-bond acceptors (Lipinski definition) is 4. The number of aromatic nitrogens is 2. The van der Waals surface area contributed by atoms with Crippen molar-refractivity contribution in [2.75, 3.05) is 13.1 Å². The molecule has 128 valence electrons. The predicted octanol–water partition coefficient (Wildman–Crippen LogP) is 2.81. The number of allylic oxidation sites excluding steroid dienone is 1. The molecule has 0 saturated heterocycles. The van der Waals surface area contributed by atoms with Gasteiger partial charge in [-0.15, -0.1) is 0 Å². The van der Waals surface area contributed by atoms with Gasteiger partial charge in [0.15, 0.2) is 0 Å². The summed E-state index contributed by atoms with van der Waals surface area (Å²) in [5.41, 5.74) is 3.74. The summed E-state index contributed by atoms with van der Waals surface area (Å²) < 4.78 is 5.59. The van der Waals surface area contributed by atoms with Crippen molar-refractivity contribution < 1.29 is 4.74 Å². The van der Waals surface area contributed by atoms with Crippen LogP contribution in [-0.4, -0.2) is 28.0 Å². The lowest BCUT2D eigenvalue weighted by Crippen LogP contribution is -2.24. The first-order valence-corrected chi connectivity index (χ1v) is 8.62. The number of rotatable bonds is 5. The van der Waals surface area contributed by atoms with Crippen molar-refractivity contribution >= 4 is 0 Å². The summed E-state index contributed by atoms with van der Waals surface area (Å²) in [6.45, 7) is 2.91. The molecule has 1 aliphatic carbocycles. The van der Waals surface area contributed by atoms with Crippen molar-refractivity contribution in [3.05, 3.63) is 81.6 Å². The first kappa shape index (κ1) is 15.8. The molecule has 1 aromatic carbocycles. The Morgan fingerprint density at radius 3 is 2.88 bits per heavy atom. The van der Waals surface area contributed by atoms with E-state index in [1.165, 1.54) is 17.3 Å². The van der Waals surface area contributed by atoms with E-state index in [-0.39, 0.29) is 11.3 Å². The predicted molar refractivity (Wildman–Crippen MR) is 96.3 cm³/mol. The van der Waals surface area contributed by atoms with Crippen molar-refractivity contribution in [2.45, 2.75) is 26.0 Å². The van der Waals surface area contributed by atoms with Crippen molar-refractivity contribution in [3.63, 3.8) is 0 Å². The molecule has 0 saturated carbocycles. The first-order valence-electron chi connectivity index (χ1n) is 8.62. The summed E-state index contributed by atoms with van der Waals surface area (Å²) >= 11 is 0. The number of aromatic amines is 1. The van der Waals surface area contributed by atoms with Gasteiger partial charge in [-0.2, -0.15) is 0 Å². The van der Waals surface area contributed by atoms with Crippen LogP contribution in [0.5, 0.6) is 5.75 Å². The van der Waals surface area contributed by atoms with Gasteiger partial charge in [0.25, 0.3) is 5.56 Å². The third-order valence-corrected chi connectivity index (χ3v) is 4.62. The minimum atomic E-state index is -0.224. The molecule has 0 radical (unpaired) electrons. The molecule has 2 heterocycles. The van der Waals surface area contributed by atoms with Crippen molar-refractivity contribution in [1.29, 1.82) is 0 Å². The normalized spacial score (nSPS) is 17.0. The van der Waals surface area contributed by atoms with Gasteiger partial charge in [-0.25, -0.2) is 4.98 Å². The fourth-order valence-electron chi connectivity index (χ4n) is 3.34. The quantitative estimate of drug-likeness (QED) is 0.913. The van der Waals surface area contributed by atoms with E-state index in [9.17, 15) is 4.79 Å². The molecule has 1 aliphatic heterocycles. The second-order valence-electron chi connectivity index (χ2n) is 6.51. The SMILES string of the molecule is O=c1[nH]c(CN2CC3=C(CCC=C3)C2)ncc1OCc1ccccc1. The van der Waals surface area contributed by atoms with Crippen LogP contribution < -0.4 is 10.3 Å². The van der Waals surface area contributed by atoms with Crippen molar-refractivity contribution in [2.24, 2.45) is 0 Å². The van der Waals surface area contributed by atoms with Gasteiger partial charge in [0.2, 0.25) is 5.75 Å². The average Bonchev–Trinajstić information content (AvgIpc) is 3.04. The van der Waals surface area contributed by atoms with E-state index >= 15 is 0 Å². The fourth-order valence-corrected chi connectivity index (χ4v) is 3.34. The van der Waals surface area contributed by atoms with Gasteiger partial charge >= 0.3 is 0 Å². The highest BCUT2D eigenvalue weighted by Crippen LogP contribution is 2.27. The molecule has 0 amide bonds. The Hall–Kier alpha value is -2.66. The minimum Gasteiger partial charge on any atom is -0.482 e. The number of nitrogens with one attached hydrogen (secondary N) is 1. The van der Waals surface area contributed by atoms with E-state index in [1.54, 1.807) is 0 Å². The topological polar surface area (TPSA) is 58.2 Å². The van der Waals surface area contributed by atoms with Crippen molar-refractivity contribution in [1.82, 2.24) is 14.9 Å². The Labute approximate surface area is 146 Å². The largest absolute Gasteiger partial charge is 0.482 e. The zero-order valence-corrected chi connectivity index (χ0v) is 14.1. The van der Waals surface area contributed by atoms with E-state index in [2.05, 4.69) is 27.0 Å². The van der Waals surface area contributed by atoms with Crippen LogP contribution in [-0.2, 0) is 13.2 Å². The van der Waals surface area contributed by atoms with Gasteiger partial charge in [-0.3, -0.25) is 9.69 Å². The van der Waals surface area contributed by atoms with E-state index in [0.717, 1.165) is 31.5 Å². The molecule has 0 bridgehead atoms. The third kappa shape index (κ3) is 3.72. The van der Waals surface area contributed by atoms with Crippen LogP contribution in [0.2, 0.25) is 0 Å². The Bertz CT molecular complexity index is 868. The first-order chi connectivity index (χ1) is 12.3. The number of benzene rings is 1. The molecule has 1 N–H and O–H groups in total. The standard InChI is InChI=1S/C20H21N3O2/c24-20-18(25-14-15-6-2-1-3-7-15)10-21-19(22-20)13-23-11-16-8-4-5-9-17(16)12-23/h1-4,6-8,10H,5,9,11-14H2,(H,21,22,24). The van der Waals surface area contributed by atoms with Gasteiger partial charge in [0.05, 0.1) is 12.7 Å². The van der Waals surface area contributed by atoms with E-state index in [4.69, 9.17) is 4.74 Å². The van der Waals surface area contributed by atoms with Gasteiger partial charge in [-0.05, 0) is 24.0 Å². The molecule has 25 heavy (non-hydrogen) atoms. The Morgan fingerprint density at radius 2 is 2.08 bits per heavy atom. The van der Waals surface area contributed by atoms with Crippen LogP contribution in [0.3, 0.4) is 0 Å². The monoisotopic (exact) mass is 335 g/mol. The lowest BCUT2D eigenvalue weighted by atomic mass is 10.0. The number of H-pyrrole nitrogens is 1. The van der Waals surface area contributed by atoms with Crippen LogP contribution in [0, 0.1) is 0 Å². The highest BCUT2D eigenvalue weighted by Gasteiger charge is 2.22. The molecule has 0 fully saturated rings. The van der Waals surface area contributed by atoms with Crippen LogP contribution >= 0.6 is 0 Å². The summed E-state index contributed by atoms with van der Waals surface area (Å²) in [5, 5.41) is 0. The molecule has 5 nitrogen and oxygen atoms in total. The van der Waals surface area contributed by atoms with E-state index < -0.39 is 0 Å². The molecule has 0 spiro atoms. The second kappa shape index (κ2) is 7.07. The summed E-state index contributed by atoms with van der Waals surface area (Å²) in [6, 6.07) is 9.78. The highest BCUT2D eigenvalue weighted by molar-refractivity contribution is 5.35. The van der Waals surface area contributed by atoms with Gasteiger partial charge < -0.3 is 9.72 Å². The summed E-state index contributed by atoms with van der Waals surface area (Å²) in [4.78, 5) is 21.8. The van der Waals surface area contributed by atoms with Crippen LogP contribution in [0.15, 0.2) is 64.6 Å². The maximum Gasteiger partial charge on any atom is 0.293 e. The molecule has 0 unspecified atom stereocenters. The zero-order valence-electron chi connectivity index (χ0n) is 14.1. The lowest BCUT2D eigenvalue weighted by Gasteiger charge is -2.15. The summed E-state index contributed by atoms with van der Waals surface area (Å²) in [6.07, 6.45) is 8.28. The van der Waals surface area contributed by atoms with Crippen LogP contribution in [0.4, 0.5) is 0 Å². The van der Waals surface area contributed by atoms with Gasteiger partial charge in [0, 0.05) is 13.1 Å². The van der Waals surface area contributed by atoms with Crippen LogP contribution in [0.25, 0.3) is 0 Å². The summed E-state index contributed by atoms with van der Waals surface area (Å²) in [5.74, 6) is 0.940. The van der Waals surface area contributed by atoms with Crippen LogP contribution in [0.1, 0.15) is 24.2 Å². The highest BCUT2D eigenvalue weighted by atomic mass is 16.5. The molecule has 4 rings (SSSR count). The molecular weight excluding hydrogens is 314 g/mol. The van der Waals surface area contributed by atoms with E-state index in [0.29, 0.717) is 19.0 Å². The number of hydrogen-bond donors (Lipinski definition) is 1. The Morgan fingerprint density at radius 1 is 1.20 bits per heavy atom. The minimum absolute atomic E-state index is 0.224. The molecule has 2 aromatic rings. The van der Waals surface area contributed by atoms with Crippen molar-refractivity contribution in [3.8, 4) is 5.75 Å². The maximum absolute atomic E-state index is 12.2.